The van der Waals surface area contributed by atoms with Gasteiger partial charge in [-0.15, -0.1) is 11.6 Å². The molecule has 3 heterocycles. The van der Waals surface area contributed by atoms with Crippen LogP contribution in [0.25, 0.3) is 11.2 Å². The zero-order valence-electron chi connectivity index (χ0n) is 12.0. The van der Waals surface area contributed by atoms with Crippen molar-refractivity contribution in [3.63, 3.8) is 0 Å². The fourth-order valence-corrected chi connectivity index (χ4v) is 3.12. The zero-order chi connectivity index (χ0) is 14.2. The first kappa shape index (κ1) is 13.8. The van der Waals surface area contributed by atoms with Crippen LogP contribution < -0.4 is 0 Å². The Morgan fingerprint density at radius 3 is 2.75 bits per heavy atom. The number of rotatable bonds is 3. The number of alkyl halides is 1. The van der Waals surface area contributed by atoms with Gasteiger partial charge in [-0.25, -0.2) is 9.97 Å². The highest BCUT2D eigenvalue weighted by Crippen LogP contribution is 2.33. The van der Waals surface area contributed by atoms with Crippen molar-refractivity contribution in [1.29, 1.82) is 0 Å². The van der Waals surface area contributed by atoms with Crippen LogP contribution in [0.4, 0.5) is 0 Å². The molecule has 3 rings (SSSR count). The molecule has 0 aliphatic carbocycles. The number of pyridine rings is 1. The van der Waals surface area contributed by atoms with Gasteiger partial charge in [0.05, 0.1) is 0 Å². The van der Waals surface area contributed by atoms with E-state index >= 15 is 0 Å². The number of fused-ring (bicyclic) bond motifs is 1. The molecule has 4 nitrogen and oxygen atoms in total. The van der Waals surface area contributed by atoms with Crippen LogP contribution in [0.15, 0.2) is 12.1 Å². The molecule has 108 valence electrons. The molecule has 1 fully saturated rings. The Morgan fingerprint density at radius 2 is 2.05 bits per heavy atom. The first-order valence-electron chi connectivity index (χ1n) is 7.13. The van der Waals surface area contributed by atoms with E-state index in [1.807, 2.05) is 13.0 Å². The fourth-order valence-electron chi connectivity index (χ4n) is 2.95. The molecule has 1 saturated heterocycles. The number of halogens is 1. The number of aryl methyl sites for hydroxylation is 2. The molecular formula is C15H20ClN3O. The van der Waals surface area contributed by atoms with Gasteiger partial charge in [0.15, 0.2) is 5.65 Å². The molecule has 2 aromatic heterocycles. The number of ether oxygens (including phenoxy) is 1. The minimum absolute atomic E-state index is 0.0230. The molecule has 0 saturated carbocycles. The average molecular weight is 294 g/mol. The highest BCUT2D eigenvalue weighted by molar-refractivity contribution is 6.17. The van der Waals surface area contributed by atoms with Crippen LogP contribution in [0.5, 0.6) is 0 Å². The van der Waals surface area contributed by atoms with Crippen LogP contribution in [0.3, 0.4) is 0 Å². The average Bonchev–Trinajstić information content (AvgIpc) is 2.78. The summed E-state index contributed by atoms with van der Waals surface area (Å²) in [6.07, 6.45) is 2.75. The Bertz CT molecular complexity index is 617. The Balaban J connectivity index is 2.19. The van der Waals surface area contributed by atoms with Crippen molar-refractivity contribution >= 4 is 22.8 Å². The van der Waals surface area contributed by atoms with E-state index in [0.29, 0.717) is 5.88 Å². The molecule has 0 aromatic carbocycles. The van der Waals surface area contributed by atoms with E-state index in [1.54, 1.807) is 0 Å². The maximum absolute atomic E-state index is 5.95. The number of imidazole rings is 1. The van der Waals surface area contributed by atoms with Crippen molar-refractivity contribution in [3.05, 3.63) is 23.7 Å². The monoisotopic (exact) mass is 293 g/mol. The summed E-state index contributed by atoms with van der Waals surface area (Å²) in [5.74, 6) is 1.62. The standard InChI is InChI=1S/C15H20ClN3O/c1-11-3-4-12-14(17-11)19(13(18-12)5-8-16)15(2)6-9-20-10-7-15/h3-4H,5-10H2,1-2H3. The Hall–Kier alpha value is -1.13. The lowest BCUT2D eigenvalue weighted by molar-refractivity contribution is 0.0299. The minimum Gasteiger partial charge on any atom is -0.381 e. The molecule has 0 bridgehead atoms. The van der Waals surface area contributed by atoms with Gasteiger partial charge in [0.25, 0.3) is 0 Å². The van der Waals surface area contributed by atoms with Gasteiger partial charge in [0.2, 0.25) is 0 Å². The zero-order valence-corrected chi connectivity index (χ0v) is 12.8. The van der Waals surface area contributed by atoms with Crippen molar-refractivity contribution in [2.45, 2.75) is 38.6 Å². The first-order valence-corrected chi connectivity index (χ1v) is 7.67. The molecule has 0 spiro atoms. The van der Waals surface area contributed by atoms with Crippen molar-refractivity contribution in [2.24, 2.45) is 0 Å². The van der Waals surface area contributed by atoms with Gasteiger partial charge in [0.1, 0.15) is 11.3 Å². The normalized spacial score (nSPS) is 18.6. The summed E-state index contributed by atoms with van der Waals surface area (Å²) >= 11 is 5.95. The van der Waals surface area contributed by atoms with Crippen LogP contribution in [-0.4, -0.2) is 33.6 Å². The quantitative estimate of drug-likeness (QED) is 0.817. The van der Waals surface area contributed by atoms with E-state index in [0.717, 1.165) is 55.2 Å². The summed E-state index contributed by atoms with van der Waals surface area (Å²) in [7, 11) is 0. The van der Waals surface area contributed by atoms with E-state index in [-0.39, 0.29) is 5.54 Å². The van der Waals surface area contributed by atoms with E-state index in [1.165, 1.54) is 0 Å². The van der Waals surface area contributed by atoms with Gasteiger partial charge < -0.3 is 9.30 Å². The molecule has 0 unspecified atom stereocenters. The summed E-state index contributed by atoms with van der Waals surface area (Å²) in [4.78, 5) is 9.45. The molecule has 20 heavy (non-hydrogen) atoms. The van der Waals surface area contributed by atoms with E-state index in [4.69, 9.17) is 26.3 Å². The van der Waals surface area contributed by atoms with E-state index in [9.17, 15) is 0 Å². The Kier molecular flexibility index (Phi) is 3.69. The van der Waals surface area contributed by atoms with Crippen molar-refractivity contribution in [2.75, 3.05) is 19.1 Å². The highest BCUT2D eigenvalue weighted by atomic mass is 35.5. The minimum atomic E-state index is 0.0230. The maximum atomic E-state index is 5.95. The van der Waals surface area contributed by atoms with Gasteiger partial charge in [-0.1, -0.05) is 0 Å². The third-order valence-corrected chi connectivity index (χ3v) is 4.33. The maximum Gasteiger partial charge on any atom is 0.160 e. The summed E-state index contributed by atoms with van der Waals surface area (Å²) in [5, 5.41) is 0. The molecule has 5 heteroatoms. The summed E-state index contributed by atoms with van der Waals surface area (Å²) in [6.45, 7) is 5.88. The van der Waals surface area contributed by atoms with Gasteiger partial charge in [-0.3, -0.25) is 0 Å². The number of nitrogens with zero attached hydrogens (tertiary/aromatic N) is 3. The lowest BCUT2D eigenvalue weighted by Crippen LogP contribution is -2.38. The second kappa shape index (κ2) is 5.34. The predicted molar refractivity (Wildman–Crippen MR) is 80.4 cm³/mol. The van der Waals surface area contributed by atoms with Crippen LogP contribution in [0.2, 0.25) is 0 Å². The fraction of sp³-hybridized carbons (Fsp3) is 0.600. The highest BCUT2D eigenvalue weighted by Gasteiger charge is 2.33. The van der Waals surface area contributed by atoms with Crippen molar-refractivity contribution < 1.29 is 4.74 Å². The van der Waals surface area contributed by atoms with Gasteiger partial charge >= 0.3 is 0 Å². The first-order chi connectivity index (χ1) is 9.64. The number of aromatic nitrogens is 3. The third kappa shape index (κ3) is 2.31. The largest absolute Gasteiger partial charge is 0.381 e. The van der Waals surface area contributed by atoms with E-state index in [2.05, 4.69) is 17.6 Å². The number of hydrogen-bond donors (Lipinski definition) is 0. The molecule has 1 aliphatic rings. The molecule has 0 atom stereocenters. The summed E-state index contributed by atoms with van der Waals surface area (Å²) < 4.78 is 7.82. The molecular weight excluding hydrogens is 274 g/mol. The Morgan fingerprint density at radius 1 is 1.30 bits per heavy atom. The SMILES string of the molecule is Cc1ccc2nc(CCCl)n(C3(C)CCOCC3)c2n1. The molecule has 2 aromatic rings. The van der Waals surface area contributed by atoms with Crippen LogP contribution in [0, 0.1) is 6.92 Å². The van der Waals surface area contributed by atoms with Crippen molar-refractivity contribution in [1.82, 2.24) is 14.5 Å². The van der Waals surface area contributed by atoms with Gasteiger partial charge in [0, 0.05) is 36.7 Å². The van der Waals surface area contributed by atoms with Gasteiger partial charge in [-0.2, -0.15) is 0 Å². The predicted octanol–water partition coefficient (Wildman–Crippen LogP) is 3.05. The van der Waals surface area contributed by atoms with Crippen LogP contribution >= 0.6 is 11.6 Å². The number of hydrogen-bond acceptors (Lipinski definition) is 3. The lowest BCUT2D eigenvalue weighted by atomic mass is 9.92. The second-order valence-corrected chi connectivity index (χ2v) is 6.09. The molecule has 0 amide bonds. The van der Waals surface area contributed by atoms with Crippen LogP contribution in [0.1, 0.15) is 31.3 Å². The summed E-state index contributed by atoms with van der Waals surface area (Å²) in [6, 6.07) is 4.06. The van der Waals surface area contributed by atoms with Gasteiger partial charge in [-0.05, 0) is 38.8 Å². The smallest absolute Gasteiger partial charge is 0.160 e. The van der Waals surface area contributed by atoms with E-state index < -0.39 is 0 Å². The summed E-state index contributed by atoms with van der Waals surface area (Å²) in [5.41, 5.74) is 2.99. The molecule has 0 radical (unpaired) electrons. The third-order valence-electron chi connectivity index (χ3n) is 4.14. The van der Waals surface area contributed by atoms with Crippen LogP contribution in [-0.2, 0) is 16.7 Å². The topological polar surface area (TPSA) is 39.9 Å². The second-order valence-electron chi connectivity index (χ2n) is 5.71. The lowest BCUT2D eigenvalue weighted by Gasteiger charge is -2.36. The molecule has 1 aliphatic heterocycles. The molecule has 0 N–H and O–H groups in total. The Labute approximate surface area is 124 Å². The van der Waals surface area contributed by atoms with Crippen molar-refractivity contribution in [3.8, 4) is 0 Å².